The molecule has 0 aliphatic carbocycles. The van der Waals surface area contributed by atoms with E-state index in [4.69, 9.17) is 16.7 Å². The van der Waals surface area contributed by atoms with E-state index in [-0.39, 0.29) is 12.5 Å². The second-order valence-electron chi connectivity index (χ2n) is 7.46. The van der Waals surface area contributed by atoms with Gasteiger partial charge in [-0.25, -0.2) is 0 Å². The summed E-state index contributed by atoms with van der Waals surface area (Å²) in [6.07, 6.45) is 1.50. The minimum Gasteiger partial charge on any atom is -0.481 e. The van der Waals surface area contributed by atoms with Crippen LogP contribution in [0.5, 0.6) is 0 Å². The molecule has 28 heavy (non-hydrogen) atoms. The molecule has 2 atom stereocenters. The molecule has 150 valence electrons. The molecule has 2 aromatic rings. The Labute approximate surface area is 170 Å². The number of aliphatic carboxylic acids is 1. The second kappa shape index (κ2) is 9.41. The van der Waals surface area contributed by atoms with E-state index in [9.17, 15) is 9.90 Å². The summed E-state index contributed by atoms with van der Waals surface area (Å²) in [4.78, 5) is 13.3. The number of rotatable bonds is 8. The number of carboxylic acids is 1. The van der Waals surface area contributed by atoms with Crippen molar-refractivity contribution in [1.29, 1.82) is 0 Å². The Balaban J connectivity index is 1.57. The monoisotopic (exact) mass is 402 g/mol. The average Bonchev–Trinajstić information content (AvgIpc) is 2.65. The molecule has 5 nitrogen and oxygen atoms in total. The van der Waals surface area contributed by atoms with Gasteiger partial charge in [0.1, 0.15) is 0 Å². The predicted molar refractivity (Wildman–Crippen MR) is 112 cm³/mol. The maximum atomic E-state index is 10.9. The Morgan fingerprint density at radius 3 is 2.86 bits per heavy atom. The van der Waals surface area contributed by atoms with Crippen LogP contribution in [0.25, 0.3) is 0 Å². The van der Waals surface area contributed by atoms with Gasteiger partial charge in [0.15, 0.2) is 0 Å². The molecule has 3 rings (SSSR count). The summed E-state index contributed by atoms with van der Waals surface area (Å²) in [7, 11) is 0. The highest BCUT2D eigenvalue weighted by molar-refractivity contribution is 6.30. The Morgan fingerprint density at radius 1 is 1.29 bits per heavy atom. The van der Waals surface area contributed by atoms with Gasteiger partial charge in [0.25, 0.3) is 0 Å². The van der Waals surface area contributed by atoms with Crippen LogP contribution in [-0.2, 0) is 17.6 Å². The number of halogens is 1. The fourth-order valence-corrected chi connectivity index (χ4v) is 3.94. The normalized spacial score (nSPS) is 15.8. The number of benzene rings is 2. The van der Waals surface area contributed by atoms with Crippen molar-refractivity contribution < 1.29 is 15.0 Å². The van der Waals surface area contributed by atoms with E-state index in [1.54, 1.807) is 12.1 Å². The molecular formula is C22H27ClN2O3. The van der Waals surface area contributed by atoms with Gasteiger partial charge in [0, 0.05) is 36.4 Å². The maximum absolute atomic E-state index is 10.9. The number of aliphatic hydroxyl groups is 1. The van der Waals surface area contributed by atoms with Gasteiger partial charge >= 0.3 is 5.97 Å². The van der Waals surface area contributed by atoms with Gasteiger partial charge in [-0.1, -0.05) is 35.9 Å². The summed E-state index contributed by atoms with van der Waals surface area (Å²) in [6.45, 7) is 4.37. The van der Waals surface area contributed by atoms with E-state index in [1.807, 2.05) is 30.3 Å². The van der Waals surface area contributed by atoms with E-state index in [0.29, 0.717) is 11.6 Å². The van der Waals surface area contributed by atoms with Gasteiger partial charge in [0.05, 0.1) is 12.5 Å². The molecule has 3 N–H and O–H groups in total. The third kappa shape index (κ3) is 5.47. The van der Waals surface area contributed by atoms with E-state index < -0.39 is 12.1 Å². The molecular weight excluding hydrogens is 376 g/mol. The molecule has 0 saturated carbocycles. The lowest BCUT2D eigenvalue weighted by Gasteiger charge is -2.34. The third-order valence-electron chi connectivity index (χ3n) is 5.10. The minimum atomic E-state index is -0.802. The highest BCUT2D eigenvalue weighted by Crippen LogP contribution is 2.28. The fraction of sp³-hybridized carbons (Fsp3) is 0.409. The van der Waals surface area contributed by atoms with Crippen molar-refractivity contribution in [2.24, 2.45) is 0 Å². The number of carboxylic acid groups (broad SMARTS) is 1. The average molecular weight is 403 g/mol. The van der Waals surface area contributed by atoms with Crippen molar-refractivity contribution in [2.45, 2.75) is 38.3 Å². The molecule has 2 unspecified atom stereocenters. The van der Waals surface area contributed by atoms with Gasteiger partial charge in [-0.05, 0) is 54.7 Å². The quantitative estimate of drug-likeness (QED) is 0.631. The van der Waals surface area contributed by atoms with Crippen LogP contribution in [0.4, 0.5) is 5.69 Å². The molecule has 0 bridgehead atoms. The molecule has 0 amide bonds. The first kappa shape index (κ1) is 20.6. The summed E-state index contributed by atoms with van der Waals surface area (Å²) in [6, 6.07) is 13.5. The maximum Gasteiger partial charge on any atom is 0.307 e. The molecule has 1 aliphatic rings. The third-order valence-corrected chi connectivity index (χ3v) is 5.34. The van der Waals surface area contributed by atoms with Crippen LogP contribution in [0.3, 0.4) is 0 Å². The smallest absolute Gasteiger partial charge is 0.307 e. The largest absolute Gasteiger partial charge is 0.481 e. The molecule has 0 fully saturated rings. The molecule has 0 aromatic heterocycles. The highest BCUT2D eigenvalue weighted by Gasteiger charge is 2.20. The number of aryl methyl sites for hydroxylation is 1. The van der Waals surface area contributed by atoms with Crippen LogP contribution in [0.15, 0.2) is 42.5 Å². The molecule has 1 aliphatic heterocycles. The molecule has 0 spiro atoms. The van der Waals surface area contributed by atoms with E-state index in [2.05, 4.69) is 17.1 Å². The second-order valence-corrected chi connectivity index (χ2v) is 7.90. The Bertz CT molecular complexity index is 827. The van der Waals surface area contributed by atoms with Crippen LogP contribution >= 0.6 is 11.6 Å². The Kier molecular flexibility index (Phi) is 6.94. The number of aliphatic hydroxyl groups excluding tert-OH is 1. The number of nitrogens with zero attached hydrogens (tertiary/aromatic N) is 1. The van der Waals surface area contributed by atoms with Gasteiger partial charge in [-0.3, -0.25) is 4.79 Å². The van der Waals surface area contributed by atoms with Crippen LogP contribution < -0.4 is 10.2 Å². The summed E-state index contributed by atoms with van der Waals surface area (Å²) in [5, 5.41) is 23.4. The predicted octanol–water partition coefficient (Wildman–Crippen LogP) is 3.43. The van der Waals surface area contributed by atoms with Crippen molar-refractivity contribution in [3.05, 3.63) is 64.2 Å². The first-order valence-corrected chi connectivity index (χ1v) is 10.1. The Hall–Kier alpha value is -2.08. The summed E-state index contributed by atoms with van der Waals surface area (Å²) in [5.74, 6) is -0.802. The van der Waals surface area contributed by atoms with Crippen molar-refractivity contribution in [3.63, 3.8) is 0 Å². The number of fused-ring (bicyclic) bond motifs is 1. The van der Waals surface area contributed by atoms with Crippen LogP contribution in [0.2, 0.25) is 5.02 Å². The number of anilines is 1. The zero-order chi connectivity index (χ0) is 20.1. The molecule has 0 radical (unpaired) electrons. The number of carbonyl (C=O) groups is 1. The zero-order valence-corrected chi connectivity index (χ0v) is 16.8. The van der Waals surface area contributed by atoms with Crippen LogP contribution in [-0.4, -0.2) is 41.9 Å². The van der Waals surface area contributed by atoms with E-state index >= 15 is 0 Å². The SMILES string of the molecule is CC(CN1CCCc2cc(CC(=O)O)ccc21)NCC(O)c1cccc(Cl)c1. The van der Waals surface area contributed by atoms with Gasteiger partial charge in [-0.2, -0.15) is 0 Å². The first-order chi connectivity index (χ1) is 13.4. The van der Waals surface area contributed by atoms with Crippen molar-refractivity contribution in [1.82, 2.24) is 5.32 Å². The van der Waals surface area contributed by atoms with Gasteiger partial charge in [-0.15, -0.1) is 0 Å². The van der Waals surface area contributed by atoms with E-state index in [1.165, 1.54) is 11.3 Å². The van der Waals surface area contributed by atoms with Gasteiger partial charge in [0.2, 0.25) is 0 Å². The van der Waals surface area contributed by atoms with Crippen molar-refractivity contribution >= 4 is 23.3 Å². The number of nitrogens with one attached hydrogen (secondary N) is 1. The summed E-state index contributed by atoms with van der Waals surface area (Å²) >= 11 is 6.00. The first-order valence-electron chi connectivity index (χ1n) is 9.68. The van der Waals surface area contributed by atoms with Crippen LogP contribution in [0, 0.1) is 0 Å². The zero-order valence-electron chi connectivity index (χ0n) is 16.1. The molecule has 1 heterocycles. The Morgan fingerprint density at radius 2 is 2.11 bits per heavy atom. The topological polar surface area (TPSA) is 72.8 Å². The fourth-order valence-electron chi connectivity index (χ4n) is 3.74. The molecule has 2 aromatic carbocycles. The lowest BCUT2D eigenvalue weighted by atomic mass is 9.97. The van der Waals surface area contributed by atoms with Crippen molar-refractivity contribution in [2.75, 3.05) is 24.5 Å². The van der Waals surface area contributed by atoms with Crippen LogP contribution in [0.1, 0.15) is 36.1 Å². The molecule has 6 heteroatoms. The van der Waals surface area contributed by atoms with E-state index in [0.717, 1.165) is 37.1 Å². The lowest BCUT2D eigenvalue weighted by molar-refractivity contribution is -0.136. The molecule has 0 saturated heterocycles. The number of hydrogen-bond donors (Lipinski definition) is 3. The standard InChI is InChI=1S/C22H27ClN2O3/c1-15(24-13-21(26)18-4-2-6-19(23)12-18)14-25-9-3-5-17-10-16(11-22(27)28)7-8-20(17)25/h2,4,6-8,10,12,15,21,24,26H,3,5,9,11,13-14H2,1H3,(H,27,28). The summed E-state index contributed by atoms with van der Waals surface area (Å²) < 4.78 is 0. The summed E-state index contributed by atoms with van der Waals surface area (Å²) in [5.41, 5.74) is 4.06. The van der Waals surface area contributed by atoms with Crippen molar-refractivity contribution in [3.8, 4) is 0 Å². The minimum absolute atomic E-state index is 0.0621. The lowest BCUT2D eigenvalue weighted by Crippen LogP contribution is -2.42. The van der Waals surface area contributed by atoms with Gasteiger partial charge < -0.3 is 20.4 Å². The number of hydrogen-bond acceptors (Lipinski definition) is 4. The highest BCUT2D eigenvalue weighted by atomic mass is 35.5.